The standard InChI is InChI=1S/C14H25NO2/c1-17-13(16)5-10-15-11-8-14(9-12-15)6-3-2-4-7-14/h2-12H2,1H3. The molecule has 1 aliphatic heterocycles. The van der Waals surface area contributed by atoms with Crippen LogP contribution in [0.4, 0.5) is 0 Å². The smallest absolute Gasteiger partial charge is 0.306 e. The molecule has 1 saturated heterocycles. The second kappa shape index (κ2) is 5.85. The minimum Gasteiger partial charge on any atom is -0.469 e. The lowest BCUT2D eigenvalue weighted by Crippen LogP contribution is -2.41. The number of carbonyl (C=O) groups is 1. The van der Waals surface area contributed by atoms with Crippen LogP contribution in [0.25, 0.3) is 0 Å². The number of esters is 1. The molecule has 1 saturated carbocycles. The van der Waals surface area contributed by atoms with E-state index in [4.69, 9.17) is 0 Å². The highest BCUT2D eigenvalue weighted by Gasteiger charge is 2.35. The maximum Gasteiger partial charge on any atom is 0.306 e. The van der Waals surface area contributed by atoms with Crippen molar-refractivity contribution < 1.29 is 9.53 Å². The largest absolute Gasteiger partial charge is 0.469 e. The molecule has 1 spiro atoms. The highest BCUT2D eigenvalue weighted by molar-refractivity contribution is 5.69. The fourth-order valence-corrected chi connectivity index (χ4v) is 3.40. The molecule has 1 aliphatic carbocycles. The molecule has 17 heavy (non-hydrogen) atoms. The van der Waals surface area contributed by atoms with Gasteiger partial charge in [-0.25, -0.2) is 0 Å². The van der Waals surface area contributed by atoms with Crippen molar-refractivity contribution in [2.45, 2.75) is 51.4 Å². The van der Waals surface area contributed by atoms with E-state index in [1.54, 1.807) is 0 Å². The third-order valence-corrected chi connectivity index (χ3v) is 4.69. The van der Waals surface area contributed by atoms with Crippen LogP contribution in [-0.2, 0) is 9.53 Å². The Morgan fingerprint density at radius 2 is 1.76 bits per heavy atom. The van der Waals surface area contributed by atoms with Crippen LogP contribution in [0.1, 0.15) is 51.4 Å². The van der Waals surface area contributed by atoms with Crippen LogP contribution >= 0.6 is 0 Å². The van der Waals surface area contributed by atoms with E-state index in [0.717, 1.165) is 6.54 Å². The van der Waals surface area contributed by atoms with Crippen molar-refractivity contribution in [2.75, 3.05) is 26.7 Å². The van der Waals surface area contributed by atoms with Gasteiger partial charge in [0.05, 0.1) is 13.5 Å². The molecule has 0 atom stereocenters. The quantitative estimate of drug-likeness (QED) is 0.709. The first-order valence-corrected chi connectivity index (χ1v) is 7.03. The first kappa shape index (κ1) is 12.9. The van der Waals surface area contributed by atoms with E-state index in [9.17, 15) is 4.79 Å². The van der Waals surface area contributed by atoms with Crippen LogP contribution in [0.15, 0.2) is 0 Å². The molecule has 0 bridgehead atoms. The molecule has 0 radical (unpaired) electrons. The SMILES string of the molecule is COC(=O)CCN1CCC2(CCCCC2)CC1. The predicted octanol–water partition coefficient (Wildman–Crippen LogP) is 2.60. The molecular weight excluding hydrogens is 214 g/mol. The second-order valence-corrected chi connectivity index (χ2v) is 5.73. The number of likely N-dealkylation sites (tertiary alicyclic amines) is 1. The Morgan fingerprint density at radius 3 is 2.35 bits per heavy atom. The molecule has 1 heterocycles. The fourth-order valence-electron chi connectivity index (χ4n) is 3.40. The fraction of sp³-hybridized carbons (Fsp3) is 0.929. The van der Waals surface area contributed by atoms with Crippen LogP contribution in [0.2, 0.25) is 0 Å². The summed E-state index contributed by atoms with van der Waals surface area (Å²) in [5, 5.41) is 0. The van der Waals surface area contributed by atoms with Crippen LogP contribution in [0, 0.1) is 5.41 Å². The topological polar surface area (TPSA) is 29.5 Å². The number of carbonyl (C=O) groups excluding carboxylic acids is 1. The molecule has 2 fully saturated rings. The van der Waals surface area contributed by atoms with Crippen LogP contribution in [0.5, 0.6) is 0 Å². The average Bonchev–Trinajstić information content (AvgIpc) is 2.39. The molecule has 0 amide bonds. The van der Waals surface area contributed by atoms with Gasteiger partial charge in [-0.15, -0.1) is 0 Å². The van der Waals surface area contributed by atoms with Crippen molar-refractivity contribution in [1.82, 2.24) is 4.90 Å². The summed E-state index contributed by atoms with van der Waals surface area (Å²) in [5.74, 6) is -0.0806. The third kappa shape index (κ3) is 3.44. The zero-order chi connectivity index (χ0) is 12.1. The Morgan fingerprint density at radius 1 is 1.12 bits per heavy atom. The van der Waals surface area contributed by atoms with Crippen molar-refractivity contribution in [3.63, 3.8) is 0 Å². The summed E-state index contributed by atoms with van der Waals surface area (Å²) >= 11 is 0. The highest BCUT2D eigenvalue weighted by Crippen LogP contribution is 2.44. The van der Waals surface area contributed by atoms with Crippen LogP contribution < -0.4 is 0 Å². The Bertz CT molecular complexity index is 249. The minimum absolute atomic E-state index is 0.0806. The predicted molar refractivity (Wildman–Crippen MR) is 67.8 cm³/mol. The Kier molecular flexibility index (Phi) is 4.43. The van der Waals surface area contributed by atoms with Gasteiger partial charge in [0.25, 0.3) is 0 Å². The van der Waals surface area contributed by atoms with E-state index in [1.807, 2.05) is 0 Å². The Balaban J connectivity index is 1.72. The van der Waals surface area contributed by atoms with Gasteiger partial charge in [0.2, 0.25) is 0 Å². The number of nitrogens with zero attached hydrogens (tertiary/aromatic N) is 1. The van der Waals surface area contributed by atoms with Gasteiger partial charge in [0, 0.05) is 6.54 Å². The maximum atomic E-state index is 11.1. The van der Waals surface area contributed by atoms with Crippen LogP contribution in [0.3, 0.4) is 0 Å². The summed E-state index contributed by atoms with van der Waals surface area (Å²) in [4.78, 5) is 13.5. The summed E-state index contributed by atoms with van der Waals surface area (Å²) in [6, 6.07) is 0. The second-order valence-electron chi connectivity index (χ2n) is 5.73. The summed E-state index contributed by atoms with van der Waals surface area (Å²) in [5.41, 5.74) is 0.667. The number of methoxy groups -OCH3 is 1. The number of ether oxygens (including phenoxy) is 1. The van der Waals surface area contributed by atoms with Crippen molar-refractivity contribution in [2.24, 2.45) is 5.41 Å². The van der Waals surface area contributed by atoms with Gasteiger partial charge in [-0.2, -0.15) is 0 Å². The van der Waals surface area contributed by atoms with Gasteiger partial charge < -0.3 is 9.64 Å². The molecule has 98 valence electrons. The molecule has 0 aromatic heterocycles. The van der Waals surface area contributed by atoms with E-state index >= 15 is 0 Å². The monoisotopic (exact) mass is 239 g/mol. The average molecular weight is 239 g/mol. The highest BCUT2D eigenvalue weighted by atomic mass is 16.5. The van der Waals surface area contributed by atoms with E-state index in [2.05, 4.69) is 9.64 Å². The van der Waals surface area contributed by atoms with Crippen LogP contribution in [-0.4, -0.2) is 37.6 Å². The van der Waals surface area contributed by atoms with Crippen molar-refractivity contribution in [3.05, 3.63) is 0 Å². The molecule has 2 rings (SSSR count). The van der Waals surface area contributed by atoms with Gasteiger partial charge in [-0.05, 0) is 44.2 Å². The number of piperidine rings is 1. The van der Waals surface area contributed by atoms with E-state index < -0.39 is 0 Å². The van der Waals surface area contributed by atoms with Gasteiger partial charge in [0.1, 0.15) is 0 Å². The molecule has 0 aromatic rings. The first-order chi connectivity index (χ1) is 8.24. The number of hydrogen-bond donors (Lipinski definition) is 0. The molecule has 3 nitrogen and oxygen atoms in total. The van der Waals surface area contributed by atoms with Crippen molar-refractivity contribution >= 4 is 5.97 Å². The first-order valence-electron chi connectivity index (χ1n) is 7.03. The zero-order valence-electron chi connectivity index (χ0n) is 11.0. The molecule has 0 N–H and O–H groups in total. The van der Waals surface area contributed by atoms with E-state index in [-0.39, 0.29) is 5.97 Å². The summed E-state index contributed by atoms with van der Waals surface area (Å²) in [7, 11) is 1.47. The lowest BCUT2D eigenvalue weighted by Gasteiger charge is -2.44. The summed E-state index contributed by atoms with van der Waals surface area (Å²) in [6.45, 7) is 3.23. The molecule has 2 aliphatic rings. The Labute approximate surface area is 105 Å². The van der Waals surface area contributed by atoms with Gasteiger partial charge in [-0.3, -0.25) is 4.79 Å². The normalized spacial score (nSPS) is 24.8. The molecule has 3 heteroatoms. The van der Waals surface area contributed by atoms with Gasteiger partial charge >= 0.3 is 5.97 Å². The zero-order valence-corrected chi connectivity index (χ0v) is 11.0. The number of rotatable bonds is 3. The number of hydrogen-bond acceptors (Lipinski definition) is 3. The lowest BCUT2D eigenvalue weighted by atomic mass is 9.68. The van der Waals surface area contributed by atoms with Gasteiger partial charge in [-0.1, -0.05) is 19.3 Å². The van der Waals surface area contributed by atoms with Gasteiger partial charge in [0.15, 0.2) is 0 Å². The Hall–Kier alpha value is -0.570. The molecular formula is C14H25NO2. The minimum atomic E-state index is -0.0806. The maximum absolute atomic E-state index is 11.1. The van der Waals surface area contributed by atoms with Crippen molar-refractivity contribution in [1.29, 1.82) is 0 Å². The third-order valence-electron chi connectivity index (χ3n) is 4.69. The lowest BCUT2D eigenvalue weighted by molar-refractivity contribution is -0.141. The molecule has 0 aromatic carbocycles. The van der Waals surface area contributed by atoms with E-state index in [0.29, 0.717) is 11.8 Å². The van der Waals surface area contributed by atoms with E-state index in [1.165, 1.54) is 65.1 Å². The van der Waals surface area contributed by atoms with Crippen molar-refractivity contribution in [3.8, 4) is 0 Å². The molecule has 0 unspecified atom stereocenters. The summed E-state index contributed by atoms with van der Waals surface area (Å²) < 4.78 is 4.69. The summed E-state index contributed by atoms with van der Waals surface area (Å²) in [6.07, 6.45) is 10.4.